The highest BCUT2D eigenvalue weighted by molar-refractivity contribution is 6.48. The van der Waals surface area contributed by atoms with Gasteiger partial charge in [0, 0.05) is 32.3 Å². The van der Waals surface area contributed by atoms with Crippen LogP contribution >= 0.6 is 0 Å². The van der Waals surface area contributed by atoms with Gasteiger partial charge in [-0.1, -0.05) is 12.2 Å². The molecular weight excluding hydrogens is 520 g/mol. The zero-order valence-corrected chi connectivity index (χ0v) is 20.0. The first kappa shape index (κ1) is 27.1. The van der Waals surface area contributed by atoms with Crippen molar-refractivity contribution in [1.29, 1.82) is 0 Å². The van der Waals surface area contributed by atoms with Gasteiger partial charge in [-0.3, -0.25) is 14.5 Å². The van der Waals surface area contributed by atoms with Crippen LogP contribution in [0.25, 0.3) is 0 Å². The Balaban J connectivity index is 1.62. The van der Waals surface area contributed by atoms with Crippen molar-refractivity contribution in [2.24, 2.45) is 10.7 Å². The van der Waals surface area contributed by atoms with Gasteiger partial charge >= 0.3 is 12.4 Å². The number of aliphatic imine (C=N–C) groups is 1. The summed E-state index contributed by atoms with van der Waals surface area (Å²) in [7, 11) is 0. The number of benzene rings is 1. The Labute approximate surface area is 213 Å². The summed E-state index contributed by atoms with van der Waals surface area (Å²) in [6.45, 7) is 2.17. The number of allylic oxidation sites excluding steroid dienone is 3. The van der Waals surface area contributed by atoms with Crippen LogP contribution < -0.4 is 10.5 Å². The molecule has 1 atom stereocenters. The molecule has 38 heavy (non-hydrogen) atoms. The van der Waals surface area contributed by atoms with Gasteiger partial charge < -0.3 is 20.3 Å². The van der Waals surface area contributed by atoms with Gasteiger partial charge in [0.2, 0.25) is 0 Å². The highest BCUT2D eigenvalue weighted by Crippen LogP contribution is 2.40. The number of halogens is 6. The van der Waals surface area contributed by atoms with Gasteiger partial charge in [-0.05, 0) is 37.3 Å². The van der Waals surface area contributed by atoms with Crippen LogP contribution in [-0.2, 0) is 15.8 Å². The van der Waals surface area contributed by atoms with Gasteiger partial charge in [0.05, 0.1) is 12.2 Å². The summed E-state index contributed by atoms with van der Waals surface area (Å²) in [5.74, 6) is -1.72. The van der Waals surface area contributed by atoms with E-state index in [0.717, 1.165) is 29.2 Å². The molecule has 0 aliphatic carbocycles. The Morgan fingerprint density at radius 3 is 2.18 bits per heavy atom. The Bertz CT molecular complexity index is 1240. The van der Waals surface area contributed by atoms with E-state index in [1.807, 2.05) is 0 Å². The van der Waals surface area contributed by atoms with E-state index >= 15 is 0 Å². The van der Waals surface area contributed by atoms with Crippen molar-refractivity contribution in [3.8, 4) is 5.75 Å². The van der Waals surface area contributed by atoms with Crippen molar-refractivity contribution in [1.82, 2.24) is 14.7 Å². The maximum absolute atomic E-state index is 13.7. The van der Waals surface area contributed by atoms with Gasteiger partial charge in [-0.15, -0.1) is 0 Å². The maximum Gasteiger partial charge on any atom is 0.420 e. The van der Waals surface area contributed by atoms with Crippen LogP contribution in [0.1, 0.15) is 18.9 Å². The largest absolute Gasteiger partial charge is 0.458 e. The number of likely N-dealkylation sites (tertiary alicyclic amines) is 1. The van der Waals surface area contributed by atoms with Crippen molar-refractivity contribution in [2.45, 2.75) is 31.4 Å². The second kappa shape index (κ2) is 9.72. The monoisotopic (exact) mass is 543 g/mol. The first-order valence-corrected chi connectivity index (χ1v) is 11.4. The molecule has 3 aliphatic rings. The topological polar surface area (TPSA) is 91.5 Å². The Morgan fingerprint density at radius 1 is 1.03 bits per heavy atom. The zero-order chi connectivity index (χ0) is 27.9. The summed E-state index contributed by atoms with van der Waals surface area (Å²) in [5.41, 5.74) is 0.886. The standard InChI is InChI=1S/C24H23F6N5O3/c1-2-3-4-18(31)33-11-12-34(14-33)21(37)22(38-16-7-5-15(6-8-16)23(25,26)27)9-10-35(22)20(36)19-17(13-32-19)24(28,29)30/h2-8,13H,9-12,14,31H2,1H3/b3-2-,18-4+. The Hall–Kier alpha value is -3.97. The van der Waals surface area contributed by atoms with Gasteiger partial charge in [0.25, 0.3) is 17.5 Å². The summed E-state index contributed by atoms with van der Waals surface area (Å²) in [6.07, 6.45) is -3.96. The second-order valence-electron chi connectivity index (χ2n) is 8.72. The van der Waals surface area contributed by atoms with E-state index in [1.54, 1.807) is 30.1 Å². The van der Waals surface area contributed by atoms with Crippen LogP contribution in [0.3, 0.4) is 0 Å². The lowest BCUT2D eigenvalue weighted by Crippen LogP contribution is -2.73. The molecule has 2 fully saturated rings. The van der Waals surface area contributed by atoms with Crippen LogP contribution in [0.2, 0.25) is 0 Å². The molecule has 3 heterocycles. The number of nitrogens with two attached hydrogens (primary N) is 1. The molecule has 3 aliphatic heterocycles. The molecule has 1 aromatic rings. The number of nitrogens with zero attached hydrogens (tertiary/aromatic N) is 4. The molecule has 8 nitrogen and oxygen atoms in total. The molecule has 2 amide bonds. The Kier molecular flexibility index (Phi) is 6.93. The fourth-order valence-electron chi connectivity index (χ4n) is 4.18. The van der Waals surface area contributed by atoms with Crippen LogP contribution in [0.4, 0.5) is 26.3 Å². The minimum absolute atomic E-state index is 0.00746. The number of hydrogen-bond acceptors (Lipinski definition) is 6. The molecule has 0 spiro atoms. The molecule has 4 rings (SSSR count). The molecule has 0 aromatic heterocycles. The summed E-state index contributed by atoms with van der Waals surface area (Å²) in [5, 5.41) is 0. The number of hydrogen-bond donors (Lipinski definition) is 1. The lowest BCUT2D eigenvalue weighted by atomic mass is 9.93. The van der Waals surface area contributed by atoms with E-state index in [4.69, 9.17) is 10.5 Å². The summed E-state index contributed by atoms with van der Waals surface area (Å²) < 4.78 is 84.5. The van der Waals surface area contributed by atoms with E-state index in [-0.39, 0.29) is 31.9 Å². The van der Waals surface area contributed by atoms with Crippen LogP contribution in [0, 0.1) is 0 Å². The van der Waals surface area contributed by atoms with E-state index < -0.39 is 46.7 Å². The first-order chi connectivity index (χ1) is 17.8. The molecule has 1 aromatic carbocycles. The van der Waals surface area contributed by atoms with Crippen molar-refractivity contribution >= 4 is 17.5 Å². The first-order valence-electron chi connectivity index (χ1n) is 11.4. The molecule has 0 saturated carbocycles. The van der Waals surface area contributed by atoms with Gasteiger partial charge in [-0.2, -0.15) is 26.3 Å². The van der Waals surface area contributed by atoms with Gasteiger partial charge in [-0.25, -0.2) is 4.99 Å². The van der Waals surface area contributed by atoms with Crippen molar-refractivity contribution < 1.29 is 40.7 Å². The second-order valence-corrected chi connectivity index (χ2v) is 8.72. The molecule has 14 heteroatoms. The number of amides is 2. The quantitative estimate of drug-likeness (QED) is 0.439. The van der Waals surface area contributed by atoms with Crippen molar-refractivity contribution in [3.05, 3.63) is 65.7 Å². The summed E-state index contributed by atoms with van der Waals surface area (Å²) in [6, 6.07) is 3.44. The molecule has 0 radical (unpaired) electrons. The van der Waals surface area contributed by atoms with Crippen molar-refractivity contribution in [2.75, 3.05) is 26.3 Å². The van der Waals surface area contributed by atoms with E-state index in [0.29, 0.717) is 18.6 Å². The number of rotatable bonds is 6. The smallest absolute Gasteiger partial charge is 0.420 e. The third-order valence-corrected chi connectivity index (χ3v) is 6.34. The highest BCUT2D eigenvalue weighted by atomic mass is 19.4. The van der Waals surface area contributed by atoms with E-state index in [2.05, 4.69) is 4.99 Å². The molecule has 0 bridgehead atoms. The summed E-state index contributed by atoms with van der Waals surface area (Å²) >= 11 is 0. The number of carbonyl (C=O) groups excluding carboxylic acids is 2. The molecule has 2 N–H and O–H groups in total. The summed E-state index contributed by atoms with van der Waals surface area (Å²) in [4.78, 5) is 34.1. The third kappa shape index (κ3) is 4.94. The van der Waals surface area contributed by atoms with E-state index in [1.165, 1.54) is 4.90 Å². The fraction of sp³-hybridized carbons (Fsp3) is 0.375. The highest BCUT2D eigenvalue weighted by Gasteiger charge is 2.60. The predicted molar refractivity (Wildman–Crippen MR) is 123 cm³/mol. The number of ether oxygens (including phenoxy) is 1. The van der Waals surface area contributed by atoms with E-state index in [9.17, 15) is 35.9 Å². The molecule has 1 unspecified atom stereocenters. The molecular formula is C24H23F6N5O3. The van der Waals surface area contributed by atoms with Gasteiger partial charge in [0.1, 0.15) is 22.9 Å². The van der Waals surface area contributed by atoms with Gasteiger partial charge in [0.15, 0.2) is 0 Å². The normalized spacial score (nSPS) is 22.2. The zero-order valence-electron chi connectivity index (χ0n) is 20.0. The fourth-order valence-corrected chi connectivity index (χ4v) is 4.18. The van der Waals surface area contributed by atoms with Crippen molar-refractivity contribution in [3.63, 3.8) is 0 Å². The Morgan fingerprint density at radius 2 is 1.68 bits per heavy atom. The average molecular weight is 543 g/mol. The van der Waals surface area contributed by atoms with Crippen LogP contribution in [0.15, 0.2) is 65.1 Å². The van der Waals surface area contributed by atoms with Crippen LogP contribution in [0.5, 0.6) is 5.75 Å². The average Bonchev–Trinajstić information content (AvgIpc) is 3.28. The SMILES string of the molecule is C/C=C\C=C(/N)N1CCN(C(=O)C2(Oc3ccc(C(F)(F)F)cc3)CCN2C(=O)C2=NC=C2C(F)(F)F)C1. The lowest BCUT2D eigenvalue weighted by molar-refractivity contribution is -0.196. The lowest BCUT2D eigenvalue weighted by Gasteiger charge is -2.51. The third-order valence-electron chi connectivity index (χ3n) is 6.34. The minimum Gasteiger partial charge on any atom is -0.458 e. The number of carbonyl (C=O) groups is 2. The number of alkyl halides is 6. The predicted octanol–water partition coefficient (Wildman–Crippen LogP) is 3.39. The minimum atomic E-state index is -4.83. The molecule has 204 valence electrons. The molecule has 2 saturated heterocycles. The van der Waals surface area contributed by atoms with Crippen LogP contribution in [-0.4, -0.2) is 70.4 Å². The maximum atomic E-state index is 13.7.